The number of pyridine rings is 1. The molecule has 0 amide bonds. The van der Waals surface area contributed by atoms with Crippen LogP contribution in [0.5, 0.6) is 0 Å². The molecule has 194 valence electrons. The Labute approximate surface area is 231 Å². The summed E-state index contributed by atoms with van der Waals surface area (Å²) in [5, 5.41) is 0. The van der Waals surface area contributed by atoms with Gasteiger partial charge in [-0.3, -0.25) is 0 Å². The molecule has 1 aromatic heterocycles. The summed E-state index contributed by atoms with van der Waals surface area (Å²) in [5.41, 5.74) is 13.0. The van der Waals surface area contributed by atoms with Crippen molar-refractivity contribution in [3.63, 3.8) is 0 Å². The molecule has 0 aliphatic carbocycles. The maximum atomic E-state index is 5.12. The van der Waals surface area contributed by atoms with Crippen LogP contribution < -0.4 is 14.7 Å². The highest BCUT2D eigenvalue weighted by atomic mass is 15.1. The average molecular weight is 511 g/mol. The Hall–Kier alpha value is -4.57. The van der Waals surface area contributed by atoms with Crippen LogP contribution in [0.4, 0.5) is 17.1 Å². The summed E-state index contributed by atoms with van der Waals surface area (Å²) in [4.78, 5) is 11.8. The van der Waals surface area contributed by atoms with Gasteiger partial charge in [0.15, 0.2) is 0 Å². The van der Waals surface area contributed by atoms with Gasteiger partial charge in [-0.05, 0) is 70.8 Å². The van der Waals surface area contributed by atoms with E-state index in [9.17, 15) is 0 Å². The van der Waals surface area contributed by atoms with E-state index in [1.165, 1.54) is 39.3 Å². The molecule has 4 heteroatoms. The molecule has 0 N–H and O–H groups in total. The molecular weight excluding hydrogens is 476 g/mol. The fourth-order valence-electron chi connectivity index (χ4n) is 5.23. The molecule has 0 saturated heterocycles. The quantitative estimate of drug-likeness (QED) is 0.233. The summed E-state index contributed by atoms with van der Waals surface area (Å²) < 4.78 is 0. The highest BCUT2D eigenvalue weighted by Crippen LogP contribution is 2.34. The predicted molar refractivity (Wildman–Crippen MR) is 166 cm³/mol. The molecule has 2 heterocycles. The summed E-state index contributed by atoms with van der Waals surface area (Å²) in [6.45, 7) is 1.93. The lowest BCUT2D eigenvalue weighted by molar-refractivity contribution is 0.881. The second-order valence-electron chi connectivity index (χ2n) is 10.7. The van der Waals surface area contributed by atoms with Crippen LogP contribution in [0.2, 0.25) is 0 Å². The summed E-state index contributed by atoms with van der Waals surface area (Å²) in [6, 6.07) is 39.4. The molecule has 0 radical (unpaired) electrons. The van der Waals surface area contributed by atoms with Gasteiger partial charge in [0.25, 0.3) is 0 Å². The first-order chi connectivity index (χ1) is 18.9. The third kappa shape index (κ3) is 5.10. The van der Waals surface area contributed by atoms with E-state index in [1.54, 1.807) is 0 Å². The molecule has 1 aliphatic heterocycles. The van der Waals surface area contributed by atoms with Crippen LogP contribution in [0.15, 0.2) is 109 Å². The van der Waals surface area contributed by atoms with Crippen molar-refractivity contribution in [1.29, 1.82) is 0 Å². The van der Waals surface area contributed by atoms with Crippen molar-refractivity contribution in [3.8, 4) is 33.6 Å². The molecule has 5 aromatic rings. The molecule has 0 fully saturated rings. The average Bonchev–Trinajstić information content (AvgIpc) is 3.42. The first kappa shape index (κ1) is 24.7. The number of rotatable bonds is 6. The minimum Gasteiger partial charge on any atom is -0.378 e. The zero-order chi connectivity index (χ0) is 26.9. The molecule has 6 rings (SSSR count). The summed E-state index contributed by atoms with van der Waals surface area (Å²) >= 11 is 0. The minimum atomic E-state index is 0.963. The van der Waals surface area contributed by atoms with E-state index in [0.717, 1.165) is 35.6 Å². The van der Waals surface area contributed by atoms with Gasteiger partial charge in [0, 0.05) is 69.5 Å². The lowest BCUT2D eigenvalue weighted by Gasteiger charge is -2.18. The highest BCUT2D eigenvalue weighted by molar-refractivity contribution is 5.78. The maximum absolute atomic E-state index is 5.12. The van der Waals surface area contributed by atoms with E-state index < -0.39 is 0 Å². The largest absolute Gasteiger partial charge is 0.378 e. The van der Waals surface area contributed by atoms with E-state index >= 15 is 0 Å². The van der Waals surface area contributed by atoms with Gasteiger partial charge in [-0.1, -0.05) is 60.7 Å². The van der Waals surface area contributed by atoms with Crippen LogP contribution in [0, 0.1) is 0 Å². The van der Waals surface area contributed by atoms with E-state index in [2.05, 4.69) is 152 Å². The lowest BCUT2D eigenvalue weighted by atomic mass is 9.99. The Morgan fingerprint density at radius 3 is 1.38 bits per heavy atom. The maximum Gasteiger partial charge on any atom is 0.0715 e. The molecular formula is C35H34N4. The van der Waals surface area contributed by atoms with E-state index in [0.29, 0.717) is 0 Å². The molecule has 1 aliphatic rings. The van der Waals surface area contributed by atoms with Crippen LogP contribution in [0.25, 0.3) is 33.6 Å². The zero-order valence-corrected chi connectivity index (χ0v) is 23.1. The summed E-state index contributed by atoms with van der Waals surface area (Å²) in [5.74, 6) is 0. The predicted octanol–water partition coefficient (Wildman–Crippen LogP) is 7.73. The van der Waals surface area contributed by atoms with Crippen molar-refractivity contribution in [3.05, 3.63) is 120 Å². The number of fused-ring (bicyclic) bond motifs is 1. The summed E-state index contributed by atoms with van der Waals surface area (Å²) in [6.07, 6.45) is 0. The van der Waals surface area contributed by atoms with Gasteiger partial charge >= 0.3 is 0 Å². The molecule has 0 spiro atoms. The number of hydrogen-bond donors (Lipinski definition) is 0. The number of anilines is 3. The SMILES string of the molecule is CN(C)c1ccc(-c2cc(-c3ccc(N4Cc5ccccc5C4)cc3)cc(-c3ccc(N(C)C)cc3)n2)cc1. The Bertz CT molecular complexity index is 1490. The summed E-state index contributed by atoms with van der Waals surface area (Å²) in [7, 11) is 8.25. The van der Waals surface area contributed by atoms with Crippen molar-refractivity contribution >= 4 is 17.1 Å². The fourth-order valence-corrected chi connectivity index (χ4v) is 5.23. The molecule has 4 aromatic carbocycles. The van der Waals surface area contributed by atoms with Gasteiger partial charge in [-0.25, -0.2) is 4.98 Å². The molecule has 0 bridgehead atoms. The Kier molecular flexibility index (Phi) is 6.54. The van der Waals surface area contributed by atoms with E-state index in [4.69, 9.17) is 4.98 Å². The van der Waals surface area contributed by atoms with Crippen molar-refractivity contribution < 1.29 is 0 Å². The molecule has 0 saturated carbocycles. The normalized spacial score (nSPS) is 12.4. The fraction of sp³-hybridized carbons (Fsp3) is 0.171. The van der Waals surface area contributed by atoms with Crippen LogP contribution in [0.3, 0.4) is 0 Å². The van der Waals surface area contributed by atoms with Gasteiger partial charge in [0.1, 0.15) is 0 Å². The molecule has 0 unspecified atom stereocenters. The second-order valence-corrected chi connectivity index (χ2v) is 10.7. The van der Waals surface area contributed by atoms with Gasteiger partial charge in [-0.2, -0.15) is 0 Å². The van der Waals surface area contributed by atoms with Crippen LogP contribution >= 0.6 is 0 Å². The van der Waals surface area contributed by atoms with Crippen LogP contribution in [0.1, 0.15) is 11.1 Å². The molecule has 4 nitrogen and oxygen atoms in total. The standard InChI is InChI=1S/C35H34N4/c1-37(2)31-15-11-26(12-16-31)34-21-30(22-35(36-34)27-13-17-32(18-14-27)38(3)4)25-9-19-33(20-10-25)39-23-28-7-5-6-8-29(28)24-39/h5-22H,23-24H2,1-4H3. The van der Waals surface area contributed by atoms with Crippen molar-refractivity contribution in [2.75, 3.05) is 42.9 Å². The number of hydrogen-bond acceptors (Lipinski definition) is 4. The number of aromatic nitrogens is 1. The van der Waals surface area contributed by atoms with E-state index in [1.807, 2.05) is 0 Å². The first-order valence-electron chi connectivity index (χ1n) is 13.4. The monoisotopic (exact) mass is 510 g/mol. The third-order valence-electron chi connectivity index (χ3n) is 7.59. The molecule has 0 atom stereocenters. The smallest absolute Gasteiger partial charge is 0.0715 e. The number of nitrogens with zero attached hydrogens (tertiary/aromatic N) is 4. The Balaban J connectivity index is 1.36. The van der Waals surface area contributed by atoms with Gasteiger partial charge < -0.3 is 14.7 Å². The van der Waals surface area contributed by atoms with Gasteiger partial charge in [0.05, 0.1) is 11.4 Å². The van der Waals surface area contributed by atoms with Crippen molar-refractivity contribution in [2.24, 2.45) is 0 Å². The van der Waals surface area contributed by atoms with Crippen molar-refractivity contribution in [1.82, 2.24) is 4.98 Å². The topological polar surface area (TPSA) is 22.6 Å². The lowest BCUT2D eigenvalue weighted by Crippen LogP contribution is -2.14. The van der Waals surface area contributed by atoms with Crippen LogP contribution in [-0.4, -0.2) is 33.2 Å². The van der Waals surface area contributed by atoms with E-state index in [-0.39, 0.29) is 0 Å². The highest BCUT2D eigenvalue weighted by Gasteiger charge is 2.18. The van der Waals surface area contributed by atoms with Gasteiger partial charge in [-0.15, -0.1) is 0 Å². The number of benzene rings is 4. The van der Waals surface area contributed by atoms with Gasteiger partial charge in [0.2, 0.25) is 0 Å². The minimum absolute atomic E-state index is 0.963. The Morgan fingerprint density at radius 2 is 0.949 bits per heavy atom. The van der Waals surface area contributed by atoms with Crippen LogP contribution in [-0.2, 0) is 13.1 Å². The first-order valence-corrected chi connectivity index (χ1v) is 13.4. The molecule has 39 heavy (non-hydrogen) atoms. The second kappa shape index (κ2) is 10.3. The third-order valence-corrected chi connectivity index (χ3v) is 7.59. The Morgan fingerprint density at radius 1 is 0.513 bits per heavy atom. The van der Waals surface area contributed by atoms with Crippen molar-refractivity contribution in [2.45, 2.75) is 13.1 Å². The zero-order valence-electron chi connectivity index (χ0n) is 23.1.